The van der Waals surface area contributed by atoms with Crippen LogP contribution in [-0.2, 0) is 0 Å². The van der Waals surface area contributed by atoms with Crippen LogP contribution in [0.25, 0.3) is 0 Å². The predicted molar refractivity (Wildman–Crippen MR) is 101 cm³/mol. The quantitative estimate of drug-likeness (QED) is 0.624. The molecule has 0 heterocycles. The lowest BCUT2D eigenvalue weighted by atomic mass is 9.46. The van der Waals surface area contributed by atoms with E-state index in [0.29, 0.717) is 23.4 Å². The highest BCUT2D eigenvalue weighted by Gasteiger charge is 2.59. The third kappa shape index (κ3) is 2.68. The van der Waals surface area contributed by atoms with Crippen LogP contribution in [0.1, 0.15) is 85.5 Å². The zero-order chi connectivity index (χ0) is 17.5. The van der Waals surface area contributed by atoms with Crippen molar-refractivity contribution >= 4 is 5.71 Å². The Morgan fingerprint density at radius 3 is 2.46 bits per heavy atom. The molecule has 0 aromatic carbocycles. The van der Waals surface area contributed by atoms with Crippen LogP contribution in [-0.4, -0.2) is 17.4 Å². The van der Waals surface area contributed by atoms with Gasteiger partial charge < -0.3 is 10.5 Å². The van der Waals surface area contributed by atoms with Gasteiger partial charge in [0.2, 0.25) is 0 Å². The Balaban J connectivity index is 1.87. The average molecular weight is 334 g/mol. The fraction of sp³-hybridized carbons (Fsp3) is 0.955. The number of hydrogen-bond acceptors (Lipinski definition) is 2. The SMILES string of the molecule is CCC1CCC2C(CCC3(C)C(C(C)=N)CCC23)C1(C)CCCO. The van der Waals surface area contributed by atoms with E-state index in [9.17, 15) is 5.11 Å². The summed E-state index contributed by atoms with van der Waals surface area (Å²) in [4.78, 5) is 0. The molecule has 0 saturated heterocycles. The summed E-state index contributed by atoms with van der Waals surface area (Å²) in [5, 5.41) is 17.7. The Labute approximate surface area is 149 Å². The minimum Gasteiger partial charge on any atom is -0.396 e. The molecular weight excluding hydrogens is 294 g/mol. The van der Waals surface area contributed by atoms with Crippen molar-refractivity contribution in [1.29, 1.82) is 5.41 Å². The molecule has 3 aliphatic carbocycles. The molecule has 7 atom stereocenters. The summed E-state index contributed by atoms with van der Waals surface area (Å²) < 4.78 is 0. The van der Waals surface area contributed by atoms with Crippen LogP contribution in [0.2, 0.25) is 0 Å². The molecule has 0 amide bonds. The Kier molecular flexibility index (Phi) is 5.17. The fourth-order valence-corrected chi connectivity index (χ4v) is 7.77. The topological polar surface area (TPSA) is 44.1 Å². The molecule has 7 unspecified atom stereocenters. The molecule has 2 nitrogen and oxygen atoms in total. The lowest BCUT2D eigenvalue weighted by Crippen LogP contribution is -2.52. The third-order valence-corrected chi connectivity index (χ3v) is 8.95. The van der Waals surface area contributed by atoms with Crippen molar-refractivity contribution < 1.29 is 5.11 Å². The van der Waals surface area contributed by atoms with E-state index in [2.05, 4.69) is 20.8 Å². The number of hydrogen-bond donors (Lipinski definition) is 2. The van der Waals surface area contributed by atoms with Gasteiger partial charge in [-0.05, 0) is 92.8 Å². The largest absolute Gasteiger partial charge is 0.396 e. The Morgan fingerprint density at radius 2 is 1.83 bits per heavy atom. The molecule has 0 aromatic heterocycles. The predicted octanol–water partition coefficient (Wildman–Crippen LogP) is 5.68. The lowest BCUT2D eigenvalue weighted by Gasteiger charge is -2.59. The molecule has 2 heteroatoms. The van der Waals surface area contributed by atoms with Crippen molar-refractivity contribution in [3.63, 3.8) is 0 Å². The average Bonchev–Trinajstić information content (AvgIpc) is 2.91. The molecule has 2 N–H and O–H groups in total. The minimum absolute atomic E-state index is 0.347. The van der Waals surface area contributed by atoms with E-state index in [1.807, 2.05) is 6.92 Å². The van der Waals surface area contributed by atoms with Gasteiger partial charge in [0.25, 0.3) is 0 Å². The van der Waals surface area contributed by atoms with Crippen LogP contribution < -0.4 is 0 Å². The molecular formula is C22H39NO. The Hall–Kier alpha value is -0.370. The first-order chi connectivity index (χ1) is 11.4. The second-order valence-corrected chi connectivity index (χ2v) is 9.75. The zero-order valence-corrected chi connectivity index (χ0v) is 16.4. The number of aliphatic hydroxyl groups excluding tert-OH is 1. The molecule has 3 aliphatic rings. The summed E-state index contributed by atoms with van der Waals surface area (Å²) in [6, 6.07) is 0. The molecule has 138 valence electrons. The monoisotopic (exact) mass is 333 g/mol. The van der Waals surface area contributed by atoms with Crippen molar-refractivity contribution in [1.82, 2.24) is 0 Å². The first kappa shape index (κ1) is 18.4. The van der Waals surface area contributed by atoms with Gasteiger partial charge in [-0.3, -0.25) is 0 Å². The van der Waals surface area contributed by atoms with E-state index in [1.165, 1.54) is 51.4 Å². The Morgan fingerprint density at radius 1 is 1.08 bits per heavy atom. The van der Waals surface area contributed by atoms with Gasteiger partial charge in [-0.25, -0.2) is 0 Å². The molecule has 0 radical (unpaired) electrons. The van der Waals surface area contributed by atoms with Gasteiger partial charge in [-0.15, -0.1) is 0 Å². The molecule has 3 fully saturated rings. The zero-order valence-electron chi connectivity index (χ0n) is 16.4. The van der Waals surface area contributed by atoms with Crippen molar-refractivity contribution in [3.8, 4) is 0 Å². The number of fused-ring (bicyclic) bond motifs is 3. The lowest BCUT2D eigenvalue weighted by molar-refractivity contribution is -0.0971. The van der Waals surface area contributed by atoms with E-state index in [4.69, 9.17) is 5.41 Å². The van der Waals surface area contributed by atoms with Crippen LogP contribution in [0.3, 0.4) is 0 Å². The Bertz CT molecular complexity index is 475. The molecule has 0 spiro atoms. The van der Waals surface area contributed by atoms with Gasteiger partial charge in [0.1, 0.15) is 0 Å². The normalized spacial score (nSPS) is 48.0. The standard InChI is InChI=1S/C22H39NO/c1-5-16-7-8-17-19-10-9-18(15(2)23)22(19,4)13-11-20(17)21(16,3)12-6-14-24/h16-20,23-24H,5-14H2,1-4H3. The maximum Gasteiger partial charge on any atom is 0.0431 e. The van der Waals surface area contributed by atoms with Crippen LogP contribution in [0.15, 0.2) is 0 Å². The van der Waals surface area contributed by atoms with Crippen molar-refractivity contribution in [3.05, 3.63) is 0 Å². The summed E-state index contributed by atoms with van der Waals surface area (Å²) in [6.45, 7) is 9.84. The van der Waals surface area contributed by atoms with Gasteiger partial charge in [0, 0.05) is 18.2 Å². The van der Waals surface area contributed by atoms with Crippen LogP contribution in [0.4, 0.5) is 0 Å². The van der Waals surface area contributed by atoms with Crippen LogP contribution >= 0.6 is 0 Å². The fourth-order valence-electron chi connectivity index (χ4n) is 7.77. The molecule has 3 saturated carbocycles. The van der Waals surface area contributed by atoms with Gasteiger partial charge in [0.15, 0.2) is 0 Å². The van der Waals surface area contributed by atoms with E-state index in [1.54, 1.807) is 0 Å². The summed E-state index contributed by atoms with van der Waals surface area (Å²) in [6.07, 6.45) is 11.6. The van der Waals surface area contributed by atoms with Crippen molar-refractivity contribution in [2.75, 3.05) is 6.61 Å². The summed E-state index contributed by atoms with van der Waals surface area (Å²) in [7, 11) is 0. The molecule has 0 aromatic rings. The molecule has 3 rings (SSSR count). The van der Waals surface area contributed by atoms with Gasteiger partial charge in [-0.2, -0.15) is 0 Å². The van der Waals surface area contributed by atoms with Crippen LogP contribution in [0.5, 0.6) is 0 Å². The van der Waals surface area contributed by atoms with Crippen molar-refractivity contribution in [2.24, 2.45) is 40.4 Å². The maximum atomic E-state index is 9.43. The summed E-state index contributed by atoms with van der Waals surface area (Å²) >= 11 is 0. The molecule has 24 heavy (non-hydrogen) atoms. The van der Waals surface area contributed by atoms with E-state index < -0.39 is 0 Å². The second kappa shape index (κ2) is 6.74. The van der Waals surface area contributed by atoms with Crippen LogP contribution in [0, 0.1) is 45.8 Å². The highest BCUT2D eigenvalue weighted by molar-refractivity contribution is 5.82. The highest BCUT2D eigenvalue weighted by atomic mass is 16.2. The third-order valence-electron chi connectivity index (χ3n) is 8.95. The maximum absolute atomic E-state index is 9.43. The number of rotatable bonds is 5. The molecule has 0 bridgehead atoms. The smallest absolute Gasteiger partial charge is 0.0431 e. The van der Waals surface area contributed by atoms with E-state index in [0.717, 1.165) is 35.8 Å². The summed E-state index contributed by atoms with van der Waals surface area (Å²) in [5.41, 5.74) is 1.76. The highest BCUT2D eigenvalue weighted by Crippen LogP contribution is 2.66. The summed E-state index contributed by atoms with van der Waals surface area (Å²) in [5.74, 6) is 3.95. The van der Waals surface area contributed by atoms with Gasteiger partial charge in [0.05, 0.1) is 0 Å². The first-order valence-electron chi connectivity index (χ1n) is 10.5. The number of aliphatic hydroxyl groups is 1. The second-order valence-electron chi connectivity index (χ2n) is 9.75. The van der Waals surface area contributed by atoms with E-state index >= 15 is 0 Å². The minimum atomic E-state index is 0.347. The number of nitrogens with one attached hydrogen (secondary N) is 1. The van der Waals surface area contributed by atoms with Crippen molar-refractivity contribution in [2.45, 2.75) is 85.5 Å². The van der Waals surface area contributed by atoms with Gasteiger partial charge >= 0.3 is 0 Å². The molecule has 0 aliphatic heterocycles. The van der Waals surface area contributed by atoms with E-state index in [-0.39, 0.29) is 0 Å². The first-order valence-corrected chi connectivity index (χ1v) is 10.5. The van der Waals surface area contributed by atoms with Gasteiger partial charge in [-0.1, -0.05) is 27.2 Å².